The van der Waals surface area contributed by atoms with Crippen molar-refractivity contribution < 1.29 is 37.5 Å². The number of nitrogens with one attached hydrogen (secondary N) is 1. The smallest absolute Gasteiger partial charge is 0.264 e. The van der Waals surface area contributed by atoms with E-state index in [9.17, 15) is 13.2 Å². The Bertz CT molecular complexity index is 793. The number of primary amides is 1. The number of carbonyl (C=O) groups excluding carboxylic acids is 1. The third-order valence-corrected chi connectivity index (χ3v) is 9.22. The van der Waals surface area contributed by atoms with Gasteiger partial charge in [-0.1, -0.05) is 66.2 Å². The minimum absolute atomic E-state index is 0.0660. The van der Waals surface area contributed by atoms with E-state index >= 15 is 0 Å². The molecule has 1 amide bonds. The van der Waals surface area contributed by atoms with Crippen LogP contribution in [0, 0.1) is 5.92 Å². The molecule has 3 aliphatic rings. The van der Waals surface area contributed by atoms with Crippen LogP contribution in [0.5, 0.6) is 0 Å². The number of morpholine rings is 2. The molecule has 13 nitrogen and oxygen atoms in total. The van der Waals surface area contributed by atoms with E-state index in [1.165, 1.54) is 64.5 Å². The fourth-order valence-electron chi connectivity index (χ4n) is 5.70. The molecule has 6 N–H and O–H groups in total. The minimum atomic E-state index is -3.72. The molecule has 3 fully saturated rings. The lowest BCUT2D eigenvalue weighted by Gasteiger charge is -2.26. The van der Waals surface area contributed by atoms with Gasteiger partial charge in [0.15, 0.2) is 0 Å². The maximum absolute atomic E-state index is 10.4. The van der Waals surface area contributed by atoms with Crippen LogP contribution < -0.4 is 11.1 Å². The van der Waals surface area contributed by atoms with Crippen molar-refractivity contribution >= 4 is 16.0 Å². The zero-order valence-electron chi connectivity index (χ0n) is 32.5. The summed E-state index contributed by atoms with van der Waals surface area (Å²) in [4.78, 5) is 17.0. The van der Waals surface area contributed by atoms with Gasteiger partial charge < -0.3 is 30.7 Å². The fourth-order valence-corrected chi connectivity index (χ4v) is 6.23. The number of hydrogen-bond acceptors (Lipinski definition) is 11. The van der Waals surface area contributed by atoms with Crippen molar-refractivity contribution in [2.24, 2.45) is 11.7 Å². The van der Waals surface area contributed by atoms with Gasteiger partial charge in [0.2, 0.25) is 5.91 Å². The lowest BCUT2D eigenvalue weighted by Crippen LogP contribution is -2.36. The van der Waals surface area contributed by atoms with E-state index in [0.717, 1.165) is 85.0 Å². The number of hydrogen-bond donors (Lipinski definition) is 5. The summed E-state index contributed by atoms with van der Waals surface area (Å²) in [6.07, 6.45) is 14.0. The van der Waals surface area contributed by atoms with Crippen LogP contribution in [0.2, 0.25) is 0 Å². The van der Waals surface area contributed by atoms with Gasteiger partial charge in [0.1, 0.15) is 0 Å². The molecular weight excluding hydrogens is 662 g/mol. The van der Waals surface area contributed by atoms with Crippen LogP contribution in [0.25, 0.3) is 0 Å². The molecule has 14 heteroatoms. The SMILES string of the molecule is CCCCN1CCOCC1.CCCN(CCO)CCO.CCCN1CCOCC1.CCCNCC(N)=O.O=S(=O)(O)CCCC1CCCCC1. The number of amides is 1. The summed E-state index contributed by atoms with van der Waals surface area (Å²) in [5, 5.41) is 20.0. The van der Waals surface area contributed by atoms with E-state index in [-0.39, 0.29) is 24.9 Å². The highest BCUT2D eigenvalue weighted by Gasteiger charge is 2.14. The molecule has 0 radical (unpaired) electrons. The number of rotatable bonds is 19. The highest BCUT2D eigenvalue weighted by molar-refractivity contribution is 7.85. The lowest BCUT2D eigenvalue weighted by molar-refractivity contribution is -0.117. The van der Waals surface area contributed by atoms with Crippen LogP contribution in [0.4, 0.5) is 0 Å². The molecule has 0 bridgehead atoms. The molecule has 3 rings (SSSR count). The second-order valence-corrected chi connectivity index (χ2v) is 14.7. The summed E-state index contributed by atoms with van der Waals surface area (Å²) in [5.74, 6) is 0.345. The molecule has 0 aromatic heterocycles. The fraction of sp³-hybridized carbons (Fsp3) is 0.972. The van der Waals surface area contributed by atoms with Gasteiger partial charge in [-0.05, 0) is 70.6 Å². The largest absolute Gasteiger partial charge is 0.395 e. The average molecular weight is 742 g/mol. The molecule has 2 saturated heterocycles. The van der Waals surface area contributed by atoms with Gasteiger partial charge in [-0.15, -0.1) is 0 Å². The summed E-state index contributed by atoms with van der Waals surface area (Å²) < 4.78 is 39.8. The molecular formula is C36H79N5O8S. The topological polar surface area (TPSA) is 178 Å². The van der Waals surface area contributed by atoms with E-state index in [4.69, 9.17) is 30.0 Å². The molecule has 2 heterocycles. The van der Waals surface area contributed by atoms with Gasteiger partial charge in [0, 0.05) is 39.3 Å². The third kappa shape index (κ3) is 38.3. The first-order valence-corrected chi connectivity index (χ1v) is 21.2. The zero-order valence-corrected chi connectivity index (χ0v) is 33.3. The van der Waals surface area contributed by atoms with E-state index in [2.05, 4.69) is 35.9 Å². The Labute approximate surface area is 306 Å². The number of nitrogens with two attached hydrogens (primary N) is 1. The molecule has 302 valence electrons. The first kappa shape index (κ1) is 51.2. The lowest BCUT2D eigenvalue weighted by atomic mass is 9.86. The maximum atomic E-state index is 10.4. The standard InChI is InChI=1S/C9H18O3S.C8H17NO.C7H17NO2.C7H15NO.C5H12N2O/c10-13(11,12)8-4-7-9-5-2-1-3-6-9;1-2-3-4-9-5-7-10-8-6-9;1-2-3-8(4-6-9)5-7-10;1-2-3-8-4-6-9-7-5-8;1-2-3-7-4-5(6)8/h9H,1-8H2,(H,10,11,12);2-8H2,1H3;9-10H,2-7H2,1H3;2-7H2,1H3;7H,2-4H2,1H3,(H2,6,8). The van der Waals surface area contributed by atoms with Crippen molar-refractivity contribution in [2.45, 2.75) is 105 Å². The number of ether oxygens (including phenoxy) is 2. The number of nitrogens with zero attached hydrogens (tertiary/aromatic N) is 3. The second kappa shape index (κ2) is 37.8. The molecule has 1 aliphatic carbocycles. The first-order chi connectivity index (χ1) is 24.1. The Balaban J connectivity index is 0. The van der Waals surface area contributed by atoms with E-state index in [1.807, 2.05) is 11.8 Å². The molecule has 0 aromatic carbocycles. The third-order valence-electron chi connectivity index (χ3n) is 8.41. The number of aliphatic hydroxyl groups excluding tert-OH is 2. The Kier molecular flexibility index (Phi) is 38.7. The summed E-state index contributed by atoms with van der Waals surface area (Å²) in [7, 11) is -3.72. The summed E-state index contributed by atoms with van der Waals surface area (Å²) in [6, 6.07) is 0. The van der Waals surface area contributed by atoms with Crippen molar-refractivity contribution in [2.75, 3.05) is 117 Å². The quantitative estimate of drug-likeness (QED) is 0.0967. The summed E-state index contributed by atoms with van der Waals surface area (Å²) >= 11 is 0. The Hall–Kier alpha value is -0.940. The summed E-state index contributed by atoms with van der Waals surface area (Å²) in [5.41, 5.74) is 4.83. The molecule has 0 atom stereocenters. The number of carbonyl (C=O) groups is 1. The Morgan fingerprint density at radius 3 is 1.74 bits per heavy atom. The van der Waals surface area contributed by atoms with Gasteiger partial charge in [0.05, 0.1) is 51.9 Å². The van der Waals surface area contributed by atoms with Crippen LogP contribution in [-0.2, 0) is 24.4 Å². The van der Waals surface area contributed by atoms with Crippen molar-refractivity contribution in [1.29, 1.82) is 0 Å². The highest BCUT2D eigenvalue weighted by atomic mass is 32.2. The maximum Gasteiger partial charge on any atom is 0.264 e. The monoisotopic (exact) mass is 742 g/mol. The van der Waals surface area contributed by atoms with Crippen LogP contribution in [0.15, 0.2) is 0 Å². The van der Waals surface area contributed by atoms with E-state index < -0.39 is 10.1 Å². The van der Waals surface area contributed by atoms with E-state index in [0.29, 0.717) is 32.0 Å². The normalized spacial score (nSPS) is 17.2. The minimum Gasteiger partial charge on any atom is -0.395 e. The molecule has 1 saturated carbocycles. The molecule has 0 unspecified atom stereocenters. The van der Waals surface area contributed by atoms with Crippen molar-refractivity contribution in [3.05, 3.63) is 0 Å². The van der Waals surface area contributed by atoms with Crippen molar-refractivity contribution in [3.8, 4) is 0 Å². The average Bonchev–Trinajstić information content (AvgIpc) is 3.10. The predicted octanol–water partition coefficient (Wildman–Crippen LogP) is 3.24. The van der Waals surface area contributed by atoms with Crippen LogP contribution in [0.1, 0.15) is 105 Å². The van der Waals surface area contributed by atoms with Crippen molar-refractivity contribution in [1.82, 2.24) is 20.0 Å². The zero-order chi connectivity index (χ0) is 37.7. The van der Waals surface area contributed by atoms with Gasteiger partial charge in [-0.2, -0.15) is 8.42 Å². The van der Waals surface area contributed by atoms with Crippen LogP contribution in [0.3, 0.4) is 0 Å². The van der Waals surface area contributed by atoms with E-state index in [1.54, 1.807) is 0 Å². The molecule has 0 spiro atoms. The number of unbranched alkanes of at least 4 members (excludes halogenated alkanes) is 1. The van der Waals surface area contributed by atoms with Gasteiger partial charge in [0.25, 0.3) is 10.1 Å². The van der Waals surface area contributed by atoms with Gasteiger partial charge in [-0.3, -0.25) is 24.0 Å². The highest BCUT2D eigenvalue weighted by Crippen LogP contribution is 2.27. The second-order valence-electron chi connectivity index (χ2n) is 13.1. The molecule has 0 aromatic rings. The van der Waals surface area contributed by atoms with Crippen LogP contribution in [-0.4, -0.2) is 161 Å². The molecule has 2 aliphatic heterocycles. The van der Waals surface area contributed by atoms with Crippen LogP contribution >= 0.6 is 0 Å². The van der Waals surface area contributed by atoms with Gasteiger partial charge >= 0.3 is 0 Å². The first-order valence-electron chi connectivity index (χ1n) is 19.5. The van der Waals surface area contributed by atoms with Crippen molar-refractivity contribution in [3.63, 3.8) is 0 Å². The van der Waals surface area contributed by atoms with Gasteiger partial charge in [-0.25, -0.2) is 0 Å². The number of aliphatic hydroxyl groups is 2. The molecule has 50 heavy (non-hydrogen) atoms. The Morgan fingerprint density at radius 2 is 1.32 bits per heavy atom. The predicted molar refractivity (Wildman–Crippen MR) is 205 cm³/mol. The Morgan fingerprint density at radius 1 is 0.780 bits per heavy atom. The summed E-state index contributed by atoms with van der Waals surface area (Å²) in [6.45, 7) is 23.2.